The molecule has 0 unspecified atom stereocenters. The molecule has 4 aromatic rings. The van der Waals surface area contributed by atoms with Gasteiger partial charge < -0.3 is 10.3 Å². The van der Waals surface area contributed by atoms with Crippen molar-refractivity contribution in [3.05, 3.63) is 76.3 Å². The number of unbranched alkanes of at least 4 members (excludes halogenated alkanes) is 1. The van der Waals surface area contributed by atoms with Crippen molar-refractivity contribution in [1.29, 1.82) is 0 Å². The summed E-state index contributed by atoms with van der Waals surface area (Å²) in [6.45, 7) is 0.407. The van der Waals surface area contributed by atoms with Crippen LogP contribution in [0.3, 0.4) is 0 Å². The molecule has 0 spiro atoms. The first-order valence-corrected chi connectivity index (χ1v) is 10.2. The molecule has 0 saturated carbocycles. The molecule has 0 bridgehead atoms. The molecule has 142 valence electrons. The van der Waals surface area contributed by atoms with Gasteiger partial charge in [-0.1, -0.05) is 18.2 Å². The highest BCUT2D eigenvalue weighted by Crippen LogP contribution is 2.15. The van der Waals surface area contributed by atoms with Gasteiger partial charge in [-0.15, -0.1) is 11.3 Å². The Hall–Kier alpha value is -3.06. The number of rotatable bonds is 8. The summed E-state index contributed by atoms with van der Waals surface area (Å²) in [5.41, 5.74) is 3.41. The molecule has 2 N–H and O–H groups in total. The number of fused-ring (bicyclic) bond motifs is 1. The van der Waals surface area contributed by atoms with E-state index in [9.17, 15) is 4.79 Å². The number of nitrogens with zero attached hydrogens (tertiary/aromatic N) is 3. The van der Waals surface area contributed by atoms with E-state index in [0.29, 0.717) is 12.2 Å². The number of benzene rings is 1. The first-order valence-electron chi connectivity index (χ1n) is 9.34. The zero-order valence-corrected chi connectivity index (χ0v) is 16.2. The fraction of sp³-hybridized carbons (Fsp3) is 0.238. The minimum Gasteiger partial charge on any atom is -0.345 e. The highest BCUT2D eigenvalue weighted by Gasteiger charge is 2.11. The number of aromatic amines is 1. The number of carbonyl (C=O) groups excluding carboxylic acids is 1. The van der Waals surface area contributed by atoms with Crippen LogP contribution in [0.15, 0.2) is 54.0 Å². The number of thiazole rings is 1. The Morgan fingerprint density at radius 2 is 1.89 bits per heavy atom. The maximum atomic E-state index is 12.2. The number of pyridine rings is 1. The molecule has 1 amide bonds. The van der Waals surface area contributed by atoms with Gasteiger partial charge >= 0.3 is 0 Å². The summed E-state index contributed by atoms with van der Waals surface area (Å²) in [6.07, 6.45) is 5.55. The van der Waals surface area contributed by atoms with E-state index in [2.05, 4.69) is 25.3 Å². The van der Waals surface area contributed by atoms with Crippen molar-refractivity contribution in [2.45, 2.75) is 32.2 Å². The predicted molar refractivity (Wildman–Crippen MR) is 110 cm³/mol. The Labute approximate surface area is 167 Å². The number of aryl methyl sites for hydroxylation is 2. The van der Waals surface area contributed by atoms with Crippen LogP contribution in [0, 0.1) is 0 Å². The van der Waals surface area contributed by atoms with Crippen LogP contribution < -0.4 is 5.32 Å². The summed E-state index contributed by atoms with van der Waals surface area (Å²) in [6, 6.07) is 13.7. The SMILES string of the molecule is O=C(NCc1ccccn1)c1csc(CCCCc2nc3ccccc3[nH]2)n1. The lowest BCUT2D eigenvalue weighted by atomic mass is 10.2. The van der Waals surface area contributed by atoms with E-state index in [1.807, 2.05) is 47.8 Å². The number of H-pyrrole nitrogens is 1. The van der Waals surface area contributed by atoms with Gasteiger partial charge in [0.2, 0.25) is 0 Å². The lowest BCUT2D eigenvalue weighted by molar-refractivity contribution is 0.0946. The molecular weight excluding hydrogens is 370 g/mol. The zero-order chi connectivity index (χ0) is 19.2. The second-order valence-corrected chi connectivity index (χ2v) is 7.48. The molecule has 0 fully saturated rings. The van der Waals surface area contributed by atoms with Gasteiger partial charge in [0.15, 0.2) is 0 Å². The van der Waals surface area contributed by atoms with Crippen LogP contribution in [0.2, 0.25) is 0 Å². The number of amides is 1. The minimum absolute atomic E-state index is 0.157. The van der Waals surface area contributed by atoms with Crippen LogP contribution in [-0.2, 0) is 19.4 Å². The molecule has 1 aromatic carbocycles. The average Bonchev–Trinajstić information content (AvgIpc) is 3.37. The van der Waals surface area contributed by atoms with Crippen molar-refractivity contribution >= 4 is 28.3 Å². The second-order valence-electron chi connectivity index (χ2n) is 6.54. The van der Waals surface area contributed by atoms with Crippen LogP contribution in [0.4, 0.5) is 0 Å². The van der Waals surface area contributed by atoms with Crippen molar-refractivity contribution in [2.75, 3.05) is 0 Å². The Morgan fingerprint density at radius 3 is 2.75 bits per heavy atom. The third kappa shape index (κ3) is 4.61. The van der Waals surface area contributed by atoms with Crippen LogP contribution in [0.25, 0.3) is 11.0 Å². The molecule has 0 radical (unpaired) electrons. The van der Waals surface area contributed by atoms with Crippen LogP contribution >= 0.6 is 11.3 Å². The van der Waals surface area contributed by atoms with E-state index in [4.69, 9.17) is 0 Å². The van der Waals surface area contributed by atoms with E-state index in [0.717, 1.165) is 53.2 Å². The topological polar surface area (TPSA) is 83.6 Å². The van der Waals surface area contributed by atoms with Gasteiger partial charge in [-0.25, -0.2) is 9.97 Å². The van der Waals surface area contributed by atoms with Crippen molar-refractivity contribution in [2.24, 2.45) is 0 Å². The van der Waals surface area contributed by atoms with Gasteiger partial charge in [-0.3, -0.25) is 9.78 Å². The number of hydrogen-bond donors (Lipinski definition) is 2. The number of imidazole rings is 1. The zero-order valence-electron chi connectivity index (χ0n) is 15.4. The predicted octanol–water partition coefficient (Wildman–Crippen LogP) is 3.91. The second kappa shape index (κ2) is 8.75. The summed E-state index contributed by atoms with van der Waals surface area (Å²) in [5, 5.41) is 5.68. The Kier molecular flexibility index (Phi) is 5.72. The molecule has 6 nitrogen and oxygen atoms in total. The number of para-hydroxylation sites is 2. The molecule has 3 aromatic heterocycles. The summed E-state index contributed by atoms with van der Waals surface area (Å²) in [7, 11) is 0. The minimum atomic E-state index is -0.157. The molecular formula is C21H21N5OS. The highest BCUT2D eigenvalue weighted by molar-refractivity contribution is 7.09. The molecule has 0 aliphatic heterocycles. The van der Waals surface area contributed by atoms with Crippen molar-refractivity contribution in [3.8, 4) is 0 Å². The largest absolute Gasteiger partial charge is 0.345 e. The van der Waals surface area contributed by atoms with Gasteiger partial charge in [0.25, 0.3) is 5.91 Å². The van der Waals surface area contributed by atoms with E-state index < -0.39 is 0 Å². The van der Waals surface area contributed by atoms with Gasteiger partial charge in [0.1, 0.15) is 11.5 Å². The molecule has 3 heterocycles. The summed E-state index contributed by atoms with van der Waals surface area (Å²) < 4.78 is 0. The molecule has 0 aliphatic carbocycles. The van der Waals surface area contributed by atoms with Crippen LogP contribution in [-0.4, -0.2) is 25.8 Å². The maximum absolute atomic E-state index is 12.2. The average molecular weight is 392 g/mol. The summed E-state index contributed by atoms with van der Waals surface area (Å²) in [5.74, 6) is 0.866. The molecule has 0 saturated heterocycles. The van der Waals surface area contributed by atoms with Gasteiger partial charge in [0, 0.05) is 18.0 Å². The fourth-order valence-electron chi connectivity index (χ4n) is 2.99. The van der Waals surface area contributed by atoms with Crippen molar-refractivity contribution in [1.82, 2.24) is 25.3 Å². The van der Waals surface area contributed by atoms with Gasteiger partial charge in [-0.05, 0) is 43.5 Å². The standard InChI is InChI=1S/C21H21N5OS/c27-21(23-13-15-7-5-6-12-22-15)18-14-28-20(26-18)11-4-3-10-19-24-16-8-1-2-9-17(16)25-19/h1-2,5-9,12,14H,3-4,10-11,13H2,(H,23,27)(H,24,25). The fourth-order valence-corrected chi connectivity index (χ4v) is 3.81. The summed E-state index contributed by atoms with van der Waals surface area (Å²) in [4.78, 5) is 28.8. The summed E-state index contributed by atoms with van der Waals surface area (Å²) >= 11 is 1.54. The van der Waals surface area contributed by atoms with Crippen LogP contribution in [0.1, 0.15) is 39.9 Å². The van der Waals surface area contributed by atoms with Gasteiger partial charge in [0.05, 0.1) is 28.3 Å². The van der Waals surface area contributed by atoms with E-state index in [-0.39, 0.29) is 5.91 Å². The van der Waals surface area contributed by atoms with E-state index >= 15 is 0 Å². The third-order valence-electron chi connectivity index (χ3n) is 4.43. The Bertz CT molecular complexity index is 1020. The lowest BCUT2D eigenvalue weighted by Crippen LogP contribution is -2.23. The van der Waals surface area contributed by atoms with Crippen LogP contribution in [0.5, 0.6) is 0 Å². The van der Waals surface area contributed by atoms with E-state index in [1.165, 1.54) is 11.3 Å². The number of aromatic nitrogens is 4. The first-order chi connectivity index (χ1) is 13.8. The smallest absolute Gasteiger partial charge is 0.271 e. The lowest BCUT2D eigenvalue weighted by Gasteiger charge is -2.02. The Balaban J connectivity index is 1.22. The first kappa shape index (κ1) is 18.3. The Morgan fingerprint density at radius 1 is 1.04 bits per heavy atom. The number of hydrogen-bond acceptors (Lipinski definition) is 5. The third-order valence-corrected chi connectivity index (χ3v) is 5.34. The number of carbonyl (C=O) groups is 1. The van der Waals surface area contributed by atoms with Crippen molar-refractivity contribution in [3.63, 3.8) is 0 Å². The number of nitrogens with one attached hydrogen (secondary N) is 2. The van der Waals surface area contributed by atoms with Crippen molar-refractivity contribution < 1.29 is 4.79 Å². The van der Waals surface area contributed by atoms with Gasteiger partial charge in [-0.2, -0.15) is 0 Å². The normalized spacial score (nSPS) is 11.0. The highest BCUT2D eigenvalue weighted by atomic mass is 32.1. The molecule has 0 atom stereocenters. The quantitative estimate of drug-likeness (QED) is 0.446. The monoisotopic (exact) mass is 391 g/mol. The van der Waals surface area contributed by atoms with E-state index in [1.54, 1.807) is 6.20 Å². The molecule has 4 rings (SSSR count). The maximum Gasteiger partial charge on any atom is 0.271 e. The molecule has 0 aliphatic rings. The molecule has 28 heavy (non-hydrogen) atoms. The molecule has 7 heteroatoms.